The summed E-state index contributed by atoms with van der Waals surface area (Å²) < 4.78 is 6.24. The van der Waals surface area contributed by atoms with Gasteiger partial charge in [0, 0.05) is 29.9 Å². The molecule has 1 unspecified atom stereocenters. The van der Waals surface area contributed by atoms with Crippen molar-refractivity contribution in [2.75, 3.05) is 6.54 Å². The number of aliphatic hydroxyl groups excluding tert-OH is 1. The molecule has 3 aliphatic rings. The summed E-state index contributed by atoms with van der Waals surface area (Å²) >= 11 is 6.09. The van der Waals surface area contributed by atoms with Crippen LogP contribution in [0, 0.1) is 11.3 Å². The molecule has 1 aromatic carbocycles. The Morgan fingerprint density at radius 1 is 0.963 bits per heavy atom. The van der Waals surface area contributed by atoms with Gasteiger partial charge < -0.3 is 36.0 Å². The molecule has 5 rings (SSSR count). The predicted molar refractivity (Wildman–Crippen MR) is 201 cm³/mol. The highest BCUT2D eigenvalue weighted by atomic mass is 35.5. The van der Waals surface area contributed by atoms with Crippen molar-refractivity contribution in [3.8, 4) is 5.75 Å². The van der Waals surface area contributed by atoms with Crippen LogP contribution >= 0.6 is 11.6 Å². The highest BCUT2D eigenvalue weighted by Gasteiger charge is 2.47. The maximum Gasteiger partial charge on any atom is 0.272 e. The topological polar surface area (TPSA) is 192 Å². The number of benzene rings is 1. The summed E-state index contributed by atoms with van der Waals surface area (Å²) in [6.45, 7) is 7.38. The lowest BCUT2D eigenvalue weighted by molar-refractivity contribution is -0.145. The van der Waals surface area contributed by atoms with Gasteiger partial charge in [-0.05, 0) is 67.7 Å². The van der Waals surface area contributed by atoms with Crippen molar-refractivity contribution in [2.45, 2.75) is 134 Å². The number of likely N-dealkylation sites (tertiary alicyclic amines) is 1. The van der Waals surface area contributed by atoms with Crippen molar-refractivity contribution < 1.29 is 33.8 Å². The SMILES string of the molecule is CCC[C@H](NC(=O)[C@@H]1C[C@@H](Oc2ccc(Cl)cc2)CN1C(=O)[C@@H](NC(=O)[C@@H](NC(=O)c1cnccn1)C1CCCCC1)C(C)(C)C)C(O)C(=O)NC1CC1. The molecule has 0 spiro atoms. The molecule has 1 aliphatic heterocycles. The zero-order valence-electron chi connectivity index (χ0n) is 31.6. The van der Waals surface area contributed by atoms with E-state index in [1.54, 1.807) is 24.3 Å². The molecular weight excluding hydrogens is 714 g/mol. The Morgan fingerprint density at radius 3 is 2.28 bits per heavy atom. The van der Waals surface area contributed by atoms with Gasteiger partial charge in [-0.1, -0.05) is 65.0 Å². The average Bonchev–Trinajstić information content (AvgIpc) is 3.88. The van der Waals surface area contributed by atoms with E-state index in [4.69, 9.17) is 16.3 Å². The third kappa shape index (κ3) is 10.9. The van der Waals surface area contributed by atoms with Crippen LogP contribution in [-0.4, -0.2) is 98.5 Å². The Kier molecular flexibility index (Phi) is 13.9. The van der Waals surface area contributed by atoms with Gasteiger partial charge in [0.25, 0.3) is 11.8 Å². The number of halogens is 1. The minimum atomic E-state index is -1.48. The van der Waals surface area contributed by atoms with Gasteiger partial charge in [0.05, 0.1) is 18.8 Å². The van der Waals surface area contributed by atoms with E-state index in [9.17, 15) is 29.1 Å². The second-order valence-electron chi connectivity index (χ2n) is 15.8. The summed E-state index contributed by atoms with van der Waals surface area (Å²) in [5.74, 6) is -2.29. The van der Waals surface area contributed by atoms with Gasteiger partial charge in [-0.2, -0.15) is 0 Å². The van der Waals surface area contributed by atoms with E-state index in [1.165, 1.54) is 23.5 Å². The molecule has 6 atom stereocenters. The summed E-state index contributed by atoms with van der Waals surface area (Å²) in [6.07, 6.45) is 9.15. The predicted octanol–water partition coefficient (Wildman–Crippen LogP) is 3.31. The average molecular weight is 768 g/mol. The summed E-state index contributed by atoms with van der Waals surface area (Å²) in [7, 11) is 0. The largest absolute Gasteiger partial charge is 0.488 e. The molecule has 14 nitrogen and oxygen atoms in total. The van der Waals surface area contributed by atoms with E-state index in [0.717, 1.165) is 44.9 Å². The zero-order chi connectivity index (χ0) is 39.0. The zero-order valence-corrected chi connectivity index (χ0v) is 32.3. The number of carbonyl (C=O) groups excluding carboxylic acids is 5. The van der Waals surface area contributed by atoms with Crippen LogP contribution in [0.2, 0.25) is 5.02 Å². The van der Waals surface area contributed by atoms with Crippen LogP contribution in [0.1, 0.15) is 102 Å². The fourth-order valence-corrected chi connectivity index (χ4v) is 7.35. The molecule has 2 aromatic rings. The number of nitrogens with zero attached hydrogens (tertiary/aromatic N) is 3. The minimum Gasteiger partial charge on any atom is -0.488 e. The smallest absolute Gasteiger partial charge is 0.272 e. The molecule has 2 aliphatic carbocycles. The van der Waals surface area contributed by atoms with Gasteiger partial charge >= 0.3 is 0 Å². The summed E-state index contributed by atoms with van der Waals surface area (Å²) in [5.41, 5.74) is -0.750. The maximum absolute atomic E-state index is 14.7. The van der Waals surface area contributed by atoms with Crippen LogP contribution < -0.4 is 26.0 Å². The van der Waals surface area contributed by atoms with Crippen LogP contribution in [0.3, 0.4) is 0 Å². The first kappa shape index (κ1) is 40.9. The molecule has 1 saturated heterocycles. The lowest BCUT2D eigenvalue weighted by Crippen LogP contribution is -2.62. The molecule has 0 radical (unpaired) electrons. The van der Waals surface area contributed by atoms with Crippen LogP contribution in [0.4, 0.5) is 0 Å². The number of rotatable bonds is 15. The Balaban J connectivity index is 1.39. The number of carbonyl (C=O) groups is 5. The van der Waals surface area contributed by atoms with Crippen molar-refractivity contribution in [1.29, 1.82) is 0 Å². The quantitative estimate of drug-likeness (QED) is 0.181. The molecule has 5 N–H and O–H groups in total. The standard InChI is InChI=1S/C39H54ClN7O7/c1-5-9-28(32(48)37(52)43-25-14-15-25)44-35(50)30-20-27(54-26-16-12-24(40)13-17-26)22-47(30)38(53)33(39(2,3)4)46-36(51)31(23-10-7-6-8-11-23)45-34(49)29-21-41-18-19-42-29/h12-13,16-19,21,23,25,27-28,30-33,48H,5-11,14-15,20,22H2,1-4H3,(H,43,52)(H,44,50)(H,45,49)(H,46,51)/t27-,28+,30+,31+,32?,33-/m1/s1. The number of hydrogen-bond acceptors (Lipinski definition) is 9. The molecule has 0 bridgehead atoms. The number of nitrogens with one attached hydrogen (secondary N) is 4. The molecular formula is C39H54ClN7O7. The lowest BCUT2D eigenvalue weighted by atomic mass is 9.82. The van der Waals surface area contributed by atoms with Crippen molar-refractivity contribution in [2.24, 2.45) is 11.3 Å². The Morgan fingerprint density at radius 2 is 1.67 bits per heavy atom. The van der Waals surface area contributed by atoms with Gasteiger partial charge in [-0.3, -0.25) is 29.0 Å². The van der Waals surface area contributed by atoms with Crippen LogP contribution in [0.25, 0.3) is 0 Å². The van der Waals surface area contributed by atoms with E-state index in [-0.39, 0.29) is 30.6 Å². The molecule has 15 heteroatoms. The fraction of sp³-hybridized carbons (Fsp3) is 0.615. The van der Waals surface area contributed by atoms with Crippen molar-refractivity contribution in [3.05, 3.63) is 53.6 Å². The van der Waals surface area contributed by atoms with Gasteiger partial charge in [-0.15, -0.1) is 0 Å². The van der Waals surface area contributed by atoms with E-state index in [0.29, 0.717) is 23.6 Å². The normalized spacial score (nSPS) is 21.3. The second kappa shape index (κ2) is 18.4. The number of ether oxygens (including phenoxy) is 1. The lowest BCUT2D eigenvalue weighted by Gasteiger charge is -2.37. The molecule has 1 aromatic heterocycles. The van der Waals surface area contributed by atoms with Crippen LogP contribution in [0.15, 0.2) is 42.9 Å². The number of aliphatic hydroxyl groups is 1. The number of aromatic nitrogens is 2. The maximum atomic E-state index is 14.7. The molecule has 54 heavy (non-hydrogen) atoms. The Bertz CT molecular complexity index is 1610. The third-order valence-corrected chi connectivity index (χ3v) is 10.6. The Hall–Kier alpha value is -4.30. The first-order valence-corrected chi connectivity index (χ1v) is 19.5. The van der Waals surface area contributed by atoms with Gasteiger partial charge in [0.1, 0.15) is 35.7 Å². The van der Waals surface area contributed by atoms with E-state index >= 15 is 0 Å². The van der Waals surface area contributed by atoms with Crippen molar-refractivity contribution in [1.82, 2.24) is 36.1 Å². The molecule has 294 valence electrons. The molecule has 3 fully saturated rings. The highest BCUT2D eigenvalue weighted by molar-refractivity contribution is 6.30. The van der Waals surface area contributed by atoms with Gasteiger partial charge in [-0.25, -0.2) is 4.98 Å². The minimum absolute atomic E-state index is 0.0284. The summed E-state index contributed by atoms with van der Waals surface area (Å²) in [4.78, 5) is 78.7. The van der Waals surface area contributed by atoms with Crippen molar-refractivity contribution >= 4 is 41.1 Å². The van der Waals surface area contributed by atoms with E-state index in [2.05, 4.69) is 31.2 Å². The monoisotopic (exact) mass is 767 g/mol. The first-order chi connectivity index (χ1) is 25.7. The van der Waals surface area contributed by atoms with Crippen LogP contribution in [-0.2, 0) is 19.2 Å². The van der Waals surface area contributed by atoms with E-state index in [1.807, 2.05) is 27.7 Å². The van der Waals surface area contributed by atoms with Crippen LogP contribution in [0.5, 0.6) is 5.75 Å². The van der Waals surface area contributed by atoms with E-state index < -0.39 is 71.3 Å². The summed E-state index contributed by atoms with van der Waals surface area (Å²) in [6, 6.07) is 2.83. The first-order valence-electron chi connectivity index (χ1n) is 19.1. The third-order valence-electron chi connectivity index (χ3n) is 10.4. The number of hydrogen-bond donors (Lipinski definition) is 5. The molecule has 5 amide bonds. The highest BCUT2D eigenvalue weighted by Crippen LogP contribution is 2.31. The van der Waals surface area contributed by atoms with Gasteiger partial charge in [0.2, 0.25) is 17.7 Å². The number of amides is 5. The molecule has 2 saturated carbocycles. The molecule has 2 heterocycles. The van der Waals surface area contributed by atoms with Gasteiger partial charge in [0.15, 0.2) is 6.10 Å². The summed E-state index contributed by atoms with van der Waals surface area (Å²) in [5, 5.41) is 23.0. The fourth-order valence-electron chi connectivity index (χ4n) is 7.22. The Labute approximate surface area is 321 Å². The van der Waals surface area contributed by atoms with Crippen molar-refractivity contribution in [3.63, 3.8) is 0 Å². The second-order valence-corrected chi connectivity index (χ2v) is 16.3.